The van der Waals surface area contributed by atoms with Gasteiger partial charge in [-0.1, -0.05) is 60.2 Å². The van der Waals surface area contributed by atoms with Crippen molar-refractivity contribution in [3.05, 3.63) is 71.3 Å². The molecule has 1 N–H and O–H groups in total. The number of aryl methyl sites for hydroxylation is 2. The molecule has 3 heteroatoms. The van der Waals surface area contributed by atoms with Crippen LogP contribution in [0.4, 0.5) is 0 Å². The second kappa shape index (κ2) is 8.49. The van der Waals surface area contributed by atoms with Crippen molar-refractivity contribution in [2.75, 3.05) is 20.6 Å². The Labute approximate surface area is 139 Å². The highest BCUT2D eigenvalue weighted by molar-refractivity contribution is 5.76. The fraction of sp³-hybridized carbons (Fsp3) is 0.350. The average molecular weight is 310 g/mol. The van der Waals surface area contributed by atoms with Crippen molar-refractivity contribution < 1.29 is 4.79 Å². The van der Waals surface area contributed by atoms with Gasteiger partial charge in [-0.15, -0.1) is 0 Å². The summed E-state index contributed by atoms with van der Waals surface area (Å²) >= 11 is 0. The molecule has 0 radical (unpaired) electrons. The minimum atomic E-state index is 0.104. The van der Waals surface area contributed by atoms with Crippen LogP contribution in [0, 0.1) is 6.92 Å². The first-order valence-electron chi connectivity index (χ1n) is 8.10. The van der Waals surface area contributed by atoms with Crippen LogP contribution in [-0.2, 0) is 11.2 Å². The fourth-order valence-corrected chi connectivity index (χ4v) is 2.59. The maximum atomic E-state index is 12.1. The van der Waals surface area contributed by atoms with E-state index in [4.69, 9.17) is 0 Å². The molecule has 2 aromatic rings. The lowest BCUT2D eigenvalue weighted by atomic mass is 10.0. The van der Waals surface area contributed by atoms with Gasteiger partial charge in [0.25, 0.3) is 0 Å². The highest BCUT2D eigenvalue weighted by atomic mass is 16.1. The summed E-state index contributed by atoms with van der Waals surface area (Å²) in [4.78, 5) is 14.2. The van der Waals surface area contributed by atoms with Crippen LogP contribution < -0.4 is 5.32 Å². The van der Waals surface area contributed by atoms with Gasteiger partial charge in [0.2, 0.25) is 5.91 Å². The monoisotopic (exact) mass is 310 g/mol. The van der Waals surface area contributed by atoms with Crippen LogP contribution in [0.15, 0.2) is 54.6 Å². The second-order valence-corrected chi connectivity index (χ2v) is 6.18. The van der Waals surface area contributed by atoms with Crippen molar-refractivity contribution in [3.63, 3.8) is 0 Å². The Morgan fingerprint density at radius 2 is 1.70 bits per heavy atom. The number of amides is 1. The molecule has 0 spiro atoms. The Morgan fingerprint density at radius 3 is 2.30 bits per heavy atom. The second-order valence-electron chi connectivity index (χ2n) is 6.18. The molecule has 1 amide bonds. The number of carbonyl (C=O) groups excluding carboxylic acids is 1. The van der Waals surface area contributed by atoms with E-state index in [-0.39, 0.29) is 11.9 Å². The predicted octanol–water partition coefficient (Wildman–Crippen LogP) is 3.35. The number of likely N-dealkylation sites (N-methyl/N-ethyl adjacent to an activating group) is 1. The number of hydrogen-bond donors (Lipinski definition) is 1. The molecule has 0 saturated carbocycles. The Balaban J connectivity index is 1.86. The number of rotatable bonds is 7. The minimum Gasteiger partial charge on any atom is -0.354 e. The molecule has 2 aromatic carbocycles. The lowest BCUT2D eigenvalue weighted by Crippen LogP contribution is -2.34. The summed E-state index contributed by atoms with van der Waals surface area (Å²) in [5, 5.41) is 3.07. The van der Waals surface area contributed by atoms with Crippen molar-refractivity contribution in [2.45, 2.75) is 25.8 Å². The van der Waals surface area contributed by atoms with E-state index in [0.29, 0.717) is 13.0 Å². The molecule has 0 aliphatic heterocycles. The smallest absolute Gasteiger partial charge is 0.220 e. The SMILES string of the molecule is Cc1ccc(C(CNC(=O)CCc2ccccc2)N(C)C)cc1. The fourth-order valence-electron chi connectivity index (χ4n) is 2.59. The number of benzene rings is 2. The van der Waals surface area contributed by atoms with Gasteiger partial charge in [0, 0.05) is 13.0 Å². The van der Waals surface area contributed by atoms with Crippen LogP contribution >= 0.6 is 0 Å². The van der Waals surface area contributed by atoms with E-state index < -0.39 is 0 Å². The van der Waals surface area contributed by atoms with E-state index in [1.165, 1.54) is 16.7 Å². The van der Waals surface area contributed by atoms with Crippen LogP contribution in [0.3, 0.4) is 0 Å². The van der Waals surface area contributed by atoms with Gasteiger partial charge < -0.3 is 10.2 Å². The number of carbonyl (C=O) groups is 1. The maximum absolute atomic E-state index is 12.1. The molecular formula is C20H26N2O. The predicted molar refractivity (Wildman–Crippen MR) is 95.4 cm³/mol. The first-order chi connectivity index (χ1) is 11.1. The van der Waals surface area contributed by atoms with E-state index >= 15 is 0 Å². The van der Waals surface area contributed by atoms with Gasteiger partial charge in [-0.25, -0.2) is 0 Å². The quantitative estimate of drug-likeness (QED) is 0.850. The normalized spacial score (nSPS) is 12.2. The van der Waals surface area contributed by atoms with Crippen LogP contribution in [0.1, 0.15) is 29.2 Å². The highest BCUT2D eigenvalue weighted by Gasteiger charge is 2.15. The Morgan fingerprint density at radius 1 is 1.04 bits per heavy atom. The summed E-state index contributed by atoms with van der Waals surface area (Å²) in [6, 6.07) is 18.8. The summed E-state index contributed by atoms with van der Waals surface area (Å²) < 4.78 is 0. The van der Waals surface area contributed by atoms with Gasteiger partial charge in [-0.05, 0) is 38.6 Å². The summed E-state index contributed by atoms with van der Waals surface area (Å²) in [6.07, 6.45) is 1.31. The standard InChI is InChI=1S/C20H26N2O/c1-16-9-12-18(13-10-16)19(22(2)3)15-21-20(23)14-11-17-7-5-4-6-8-17/h4-10,12-13,19H,11,14-15H2,1-3H3,(H,21,23). The zero-order valence-electron chi connectivity index (χ0n) is 14.3. The lowest BCUT2D eigenvalue weighted by Gasteiger charge is -2.25. The van der Waals surface area contributed by atoms with Crippen molar-refractivity contribution in [3.8, 4) is 0 Å². The van der Waals surface area contributed by atoms with Gasteiger partial charge in [0.15, 0.2) is 0 Å². The third kappa shape index (κ3) is 5.53. The van der Waals surface area contributed by atoms with Gasteiger partial charge in [-0.2, -0.15) is 0 Å². The molecule has 0 fully saturated rings. The van der Waals surface area contributed by atoms with Gasteiger partial charge >= 0.3 is 0 Å². The van der Waals surface area contributed by atoms with Crippen molar-refractivity contribution in [1.29, 1.82) is 0 Å². The molecule has 1 unspecified atom stereocenters. The Bertz CT molecular complexity index is 605. The molecule has 0 bridgehead atoms. The Kier molecular flexibility index (Phi) is 6.36. The zero-order chi connectivity index (χ0) is 16.7. The molecule has 0 saturated heterocycles. The first-order valence-corrected chi connectivity index (χ1v) is 8.10. The first kappa shape index (κ1) is 17.2. The average Bonchev–Trinajstić information content (AvgIpc) is 2.55. The van der Waals surface area contributed by atoms with Crippen molar-refractivity contribution >= 4 is 5.91 Å². The maximum Gasteiger partial charge on any atom is 0.220 e. The van der Waals surface area contributed by atoms with Gasteiger partial charge in [0.1, 0.15) is 0 Å². The summed E-state index contributed by atoms with van der Waals surface area (Å²) in [7, 11) is 4.08. The molecule has 0 aromatic heterocycles. The van der Waals surface area contributed by atoms with Gasteiger partial charge in [0.05, 0.1) is 6.04 Å². The molecule has 1 atom stereocenters. The van der Waals surface area contributed by atoms with Crippen LogP contribution in [0.25, 0.3) is 0 Å². The van der Waals surface area contributed by atoms with E-state index in [9.17, 15) is 4.79 Å². The van der Waals surface area contributed by atoms with Crippen molar-refractivity contribution in [1.82, 2.24) is 10.2 Å². The van der Waals surface area contributed by atoms with E-state index in [1.54, 1.807) is 0 Å². The molecular weight excluding hydrogens is 284 g/mol. The summed E-state index contributed by atoms with van der Waals surface area (Å²) in [6.45, 7) is 2.71. The molecule has 122 valence electrons. The molecule has 0 aliphatic rings. The van der Waals surface area contributed by atoms with E-state index in [1.807, 2.05) is 32.3 Å². The van der Waals surface area contributed by atoms with Gasteiger partial charge in [-0.3, -0.25) is 4.79 Å². The number of nitrogens with one attached hydrogen (secondary N) is 1. The largest absolute Gasteiger partial charge is 0.354 e. The van der Waals surface area contributed by atoms with Crippen molar-refractivity contribution in [2.24, 2.45) is 0 Å². The van der Waals surface area contributed by atoms with Crippen LogP contribution in [0.5, 0.6) is 0 Å². The third-order valence-corrected chi connectivity index (χ3v) is 4.06. The minimum absolute atomic E-state index is 0.104. The Hall–Kier alpha value is -2.13. The molecule has 3 nitrogen and oxygen atoms in total. The highest BCUT2D eigenvalue weighted by Crippen LogP contribution is 2.18. The molecule has 23 heavy (non-hydrogen) atoms. The van der Waals surface area contributed by atoms with Crippen LogP contribution in [0.2, 0.25) is 0 Å². The summed E-state index contributed by atoms with van der Waals surface area (Å²) in [5.74, 6) is 0.104. The molecule has 2 rings (SSSR count). The zero-order valence-corrected chi connectivity index (χ0v) is 14.3. The number of nitrogens with zero attached hydrogens (tertiary/aromatic N) is 1. The topological polar surface area (TPSA) is 32.3 Å². The van der Waals surface area contributed by atoms with E-state index in [0.717, 1.165) is 6.42 Å². The third-order valence-electron chi connectivity index (χ3n) is 4.06. The molecule has 0 aliphatic carbocycles. The number of hydrogen-bond acceptors (Lipinski definition) is 2. The molecule has 0 heterocycles. The van der Waals surface area contributed by atoms with E-state index in [2.05, 4.69) is 53.5 Å². The summed E-state index contributed by atoms with van der Waals surface area (Å²) in [5.41, 5.74) is 3.67. The van der Waals surface area contributed by atoms with Crippen LogP contribution in [-0.4, -0.2) is 31.4 Å². The lowest BCUT2D eigenvalue weighted by molar-refractivity contribution is -0.121.